The lowest BCUT2D eigenvalue weighted by Crippen LogP contribution is -2.30. The summed E-state index contributed by atoms with van der Waals surface area (Å²) >= 11 is 0. The van der Waals surface area contributed by atoms with Gasteiger partial charge < -0.3 is 14.2 Å². The summed E-state index contributed by atoms with van der Waals surface area (Å²) in [5.41, 5.74) is 0. The summed E-state index contributed by atoms with van der Waals surface area (Å²) < 4.78 is 17.0. The highest BCUT2D eigenvalue weighted by Gasteiger charge is 2.19. The first kappa shape index (κ1) is 78.5. The fourth-order valence-corrected chi connectivity index (χ4v) is 9.53. The molecular formula is C77H128O6. The monoisotopic (exact) mass is 1150 g/mol. The van der Waals surface area contributed by atoms with Crippen molar-refractivity contribution in [1.29, 1.82) is 0 Å². The lowest BCUT2D eigenvalue weighted by atomic mass is 10.0. The molecule has 0 aromatic carbocycles. The second-order valence-corrected chi connectivity index (χ2v) is 22.7. The minimum Gasteiger partial charge on any atom is -0.462 e. The normalized spacial score (nSPS) is 13.0. The van der Waals surface area contributed by atoms with Gasteiger partial charge in [0.1, 0.15) is 13.2 Å². The maximum absolute atomic E-state index is 12.9. The third kappa shape index (κ3) is 68.2. The zero-order valence-electron chi connectivity index (χ0n) is 54.2. The Morgan fingerprint density at radius 3 is 0.735 bits per heavy atom. The first-order valence-electron chi connectivity index (χ1n) is 34.7. The van der Waals surface area contributed by atoms with Crippen molar-refractivity contribution < 1.29 is 28.6 Å². The molecular weight excluding hydrogens is 1020 g/mol. The van der Waals surface area contributed by atoms with Crippen LogP contribution in [0.15, 0.2) is 134 Å². The maximum atomic E-state index is 12.9. The molecule has 0 aromatic rings. The van der Waals surface area contributed by atoms with Crippen LogP contribution < -0.4 is 0 Å². The van der Waals surface area contributed by atoms with Crippen LogP contribution in [0.2, 0.25) is 0 Å². The molecule has 0 bridgehead atoms. The fraction of sp³-hybridized carbons (Fsp3) is 0.675. The quantitative estimate of drug-likeness (QED) is 0.0261. The van der Waals surface area contributed by atoms with Gasteiger partial charge in [-0.15, -0.1) is 0 Å². The van der Waals surface area contributed by atoms with Crippen LogP contribution in [-0.4, -0.2) is 37.2 Å². The van der Waals surface area contributed by atoms with E-state index in [0.717, 1.165) is 141 Å². The molecule has 83 heavy (non-hydrogen) atoms. The van der Waals surface area contributed by atoms with E-state index >= 15 is 0 Å². The third-order valence-corrected chi connectivity index (χ3v) is 14.7. The summed E-state index contributed by atoms with van der Waals surface area (Å²) in [6, 6.07) is 0. The van der Waals surface area contributed by atoms with Crippen LogP contribution >= 0.6 is 0 Å². The Kier molecular flexibility index (Phi) is 66.3. The Balaban J connectivity index is 4.31. The molecule has 0 aromatic heterocycles. The number of unbranched alkanes of at least 4 members (excludes halogenated alkanes) is 29. The molecule has 0 aliphatic carbocycles. The molecule has 0 saturated heterocycles. The number of esters is 3. The SMILES string of the molecule is CC/C=C\C/C=C\C/C=C\C/C=C\C/C=C\C/C=C\C/C=C\C/C=C\CCCCCCCCCCC(=O)OCC(COC(=O)CCCCCCCCCCCCCCCCC)OC(=O)CCCCCCCCC/C=C\C/C=C\C/C=C\CC. The molecule has 6 nitrogen and oxygen atoms in total. The van der Waals surface area contributed by atoms with Gasteiger partial charge >= 0.3 is 17.9 Å². The van der Waals surface area contributed by atoms with Crippen LogP contribution in [-0.2, 0) is 28.6 Å². The van der Waals surface area contributed by atoms with Gasteiger partial charge in [0.2, 0.25) is 0 Å². The summed E-state index contributed by atoms with van der Waals surface area (Å²) in [5, 5.41) is 0. The van der Waals surface area contributed by atoms with E-state index in [1.807, 2.05) is 0 Å². The van der Waals surface area contributed by atoms with Crippen molar-refractivity contribution in [2.45, 2.75) is 322 Å². The molecule has 6 heteroatoms. The van der Waals surface area contributed by atoms with Gasteiger partial charge in [-0.3, -0.25) is 14.4 Å². The highest BCUT2D eigenvalue weighted by molar-refractivity contribution is 5.71. The number of hydrogen-bond donors (Lipinski definition) is 0. The zero-order valence-corrected chi connectivity index (χ0v) is 54.2. The van der Waals surface area contributed by atoms with E-state index < -0.39 is 6.10 Å². The van der Waals surface area contributed by atoms with Crippen molar-refractivity contribution in [2.75, 3.05) is 13.2 Å². The van der Waals surface area contributed by atoms with Crippen molar-refractivity contribution in [3.8, 4) is 0 Å². The van der Waals surface area contributed by atoms with Crippen molar-refractivity contribution in [3.05, 3.63) is 134 Å². The van der Waals surface area contributed by atoms with E-state index in [1.54, 1.807) is 0 Å². The van der Waals surface area contributed by atoms with Crippen LogP contribution in [0, 0.1) is 0 Å². The molecule has 0 heterocycles. The van der Waals surface area contributed by atoms with Crippen LogP contribution in [0.1, 0.15) is 316 Å². The Morgan fingerprint density at radius 2 is 0.470 bits per heavy atom. The van der Waals surface area contributed by atoms with Gasteiger partial charge in [-0.25, -0.2) is 0 Å². The second kappa shape index (κ2) is 70.0. The average molecular weight is 1150 g/mol. The number of carbonyl (C=O) groups is 3. The van der Waals surface area contributed by atoms with E-state index in [0.29, 0.717) is 19.3 Å². The summed E-state index contributed by atoms with van der Waals surface area (Å²) in [6.07, 6.45) is 98.9. The van der Waals surface area contributed by atoms with Crippen molar-refractivity contribution in [2.24, 2.45) is 0 Å². The number of ether oxygens (including phenoxy) is 3. The molecule has 0 aliphatic heterocycles. The van der Waals surface area contributed by atoms with Crippen LogP contribution in [0.3, 0.4) is 0 Å². The number of carbonyl (C=O) groups excluding carboxylic acids is 3. The molecule has 0 spiro atoms. The van der Waals surface area contributed by atoms with E-state index in [4.69, 9.17) is 14.2 Å². The van der Waals surface area contributed by atoms with E-state index in [1.165, 1.54) is 135 Å². The van der Waals surface area contributed by atoms with Crippen LogP contribution in [0.5, 0.6) is 0 Å². The van der Waals surface area contributed by atoms with Crippen molar-refractivity contribution >= 4 is 17.9 Å². The summed E-state index contributed by atoms with van der Waals surface area (Å²) in [4.78, 5) is 38.4. The predicted octanol–water partition coefficient (Wildman–Crippen LogP) is 24.1. The van der Waals surface area contributed by atoms with E-state index in [-0.39, 0.29) is 31.1 Å². The lowest BCUT2D eigenvalue weighted by Gasteiger charge is -2.18. The third-order valence-electron chi connectivity index (χ3n) is 14.7. The number of allylic oxidation sites excluding steroid dienone is 22. The van der Waals surface area contributed by atoms with Crippen LogP contribution in [0.25, 0.3) is 0 Å². The van der Waals surface area contributed by atoms with Crippen LogP contribution in [0.4, 0.5) is 0 Å². The summed E-state index contributed by atoms with van der Waals surface area (Å²) in [6.45, 7) is 6.43. The Hall–Kier alpha value is -4.45. The highest BCUT2D eigenvalue weighted by Crippen LogP contribution is 2.16. The van der Waals surface area contributed by atoms with Gasteiger partial charge in [-0.05, 0) is 116 Å². The largest absolute Gasteiger partial charge is 0.462 e. The Bertz CT molecular complexity index is 1750. The fourth-order valence-electron chi connectivity index (χ4n) is 9.53. The van der Waals surface area contributed by atoms with Gasteiger partial charge in [0.25, 0.3) is 0 Å². The molecule has 472 valence electrons. The van der Waals surface area contributed by atoms with Gasteiger partial charge in [0.05, 0.1) is 0 Å². The topological polar surface area (TPSA) is 78.9 Å². The molecule has 0 rings (SSSR count). The minimum absolute atomic E-state index is 0.0843. The first-order chi connectivity index (χ1) is 41.0. The van der Waals surface area contributed by atoms with Gasteiger partial charge in [-0.1, -0.05) is 315 Å². The molecule has 0 fully saturated rings. The maximum Gasteiger partial charge on any atom is 0.306 e. The molecule has 1 atom stereocenters. The zero-order chi connectivity index (χ0) is 59.9. The minimum atomic E-state index is -0.790. The van der Waals surface area contributed by atoms with E-state index in [9.17, 15) is 14.4 Å². The molecule has 1 unspecified atom stereocenters. The molecule has 0 aliphatic rings. The highest BCUT2D eigenvalue weighted by atomic mass is 16.6. The Labute approximate surface area is 513 Å². The van der Waals surface area contributed by atoms with Gasteiger partial charge in [0.15, 0.2) is 6.10 Å². The predicted molar refractivity (Wildman–Crippen MR) is 362 cm³/mol. The molecule has 0 radical (unpaired) electrons. The number of hydrogen-bond acceptors (Lipinski definition) is 6. The van der Waals surface area contributed by atoms with Gasteiger partial charge in [-0.2, -0.15) is 0 Å². The first-order valence-corrected chi connectivity index (χ1v) is 34.7. The standard InChI is InChI=1S/C77H128O6/c1-4-7-10-13-16-19-22-25-28-30-31-32-33-34-35-36-37-38-39-40-41-42-43-44-45-47-49-52-55-58-61-64-67-70-76(79)82-73-74(72-81-75(78)69-66-63-60-57-54-51-48-27-24-21-18-15-12-9-6-3)83-77(80)71-68-65-62-59-56-53-50-46-29-26-23-20-17-14-11-8-5-2/h7-8,10-11,16-17,19-20,25-26,28-29,31-32,34-35,37-38,40-41,43-44,74H,4-6,9,12-15,18,21-24,27,30,33,36,39,42,45-73H2,1-3H3/b10-7-,11-8-,19-16-,20-17-,28-25-,29-26-,32-31-,35-34-,38-37-,41-40-,44-43-. The number of rotatable bonds is 62. The van der Waals surface area contributed by atoms with Crippen molar-refractivity contribution in [3.63, 3.8) is 0 Å². The lowest BCUT2D eigenvalue weighted by molar-refractivity contribution is -0.167. The average Bonchev–Trinajstić information content (AvgIpc) is 3.49. The second-order valence-electron chi connectivity index (χ2n) is 22.7. The molecule has 0 saturated carbocycles. The summed E-state index contributed by atoms with van der Waals surface area (Å²) in [7, 11) is 0. The Morgan fingerprint density at radius 1 is 0.253 bits per heavy atom. The summed E-state index contributed by atoms with van der Waals surface area (Å²) in [5.74, 6) is -0.894. The van der Waals surface area contributed by atoms with Crippen molar-refractivity contribution in [1.82, 2.24) is 0 Å². The van der Waals surface area contributed by atoms with Gasteiger partial charge in [0, 0.05) is 19.3 Å². The smallest absolute Gasteiger partial charge is 0.306 e. The molecule has 0 N–H and O–H groups in total. The van der Waals surface area contributed by atoms with E-state index in [2.05, 4.69) is 154 Å². The molecule has 0 amide bonds.